The van der Waals surface area contributed by atoms with E-state index in [1.807, 2.05) is 0 Å². The molecule has 16 heteroatoms. The monoisotopic (exact) mass is 603 g/mol. The Morgan fingerprint density at radius 2 is 1.80 bits per heavy atom. The molecule has 14 nitrogen and oxygen atoms in total. The van der Waals surface area contributed by atoms with E-state index in [2.05, 4.69) is 5.32 Å². The number of carbonyl (C=O) groups is 5. The van der Waals surface area contributed by atoms with Crippen molar-refractivity contribution in [3.63, 3.8) is 0 Å². The first-order chi connectivity index (χ1) is 18.3. The molecule has 0 spiro atoms. The second-order valence-electron chi connectivity index (χ2n) is 9.76. The number of ether oxygens (including phenoxy) is 1. The standard InChI is InChI=1S/C16H19N3O5S.C8H9NO5.K/c1-16(2)11(15(23)24)19-13(22)10(14(19)25-16)18-12(21)9(17)7-3-5-8(20)6-4-7;10-2-1-4-7(8(12)13)9-5(11)3-6(9)14-4;/h3-6,9-11,14,20H,17H2,1-2H3,(H,18,21)(H,23,24);1,6-7,10H,2-3H2,(H,12,13);/b;4-1-;/t9-,10-,11+,14-;6-,7-;/m11./s1. The predicted molar refractivity (Wildman–Crippen MR) is 139 cm³/mol. The average molecular weight is 604 g/mol. The van der Waals surface area contributed by atoms with Crippen LogP contribution in [0.25, 0.3) is 0 Å². The molecule has 40 heavy (non-hydrogen) atoms. The van der Waals surface area contributed by atoms with Crippen LogP contribution in [0.4, 0.5) is 0 Å². The molecule has 211 valence electrons. The summed E-state index contributed by atoms with van der Waals surface area (Å²) >= 11 is 1.35. The van der Waals surface area contributed by atoms with Gasteiger partial charge in [-0.05, 0) is 37.6 Å². The van der Waals surface area contributed by atoms with Crippen molar-refractivity contribution in [2.45, 2.75) is 60.8 Å². The summed E-state index contributed by atoms with van der Waals surface area (Å²) < 4.78 is 4.52. The summed E-state index contributed by atoms with van der Waals surface area (Å²) in [5.41, 5.74) is 6.41. The number of amides is 3. The molecule has 1 radical (unpaired) electrons. The number of aromatic hydroxyl groups is 1. The molecule has 5 rings (SSSR count). The zero-order valence-corrected chi connectivity index (χ0v) is 25.8. The number of nitrogens with zero attached hydrogens (tertiary/aromatic N) is 2. The van der Waals surface area contributed by atoms with Crippen LogP contribution in [0.1, 0.15) is 31.9 Å². The smallest absolute Gasteiger partial charge is 0.334 e. The molecular formula is C24H28KN4O10S. The van der Waals surface area contributed by atoms with Crippen molar-refractivity contribution >= 4 is 92.8 Å². The quantitative estimate of drug-likeness (QED) is 0.162. The van der Waals surface area contributed by atoms with Gasteiger partial charge < -0.3 is 41.1 Å². The minimum atomic E-state index is -1.14. The number of hydrogen-bond acceptors (Lipinski definition) is 10. The third kappa shape index (κ3) is 5.90. The number of fused-ring (bicyclic) bond motifs is 2. The number of carboxylic acids is 2. The average Bonchev–Trinajstić information content (AvgIpc) is 3.31. The van der Waals surface area contributed by atoms with Gasteiger partial charge in [0, 0.05) is 56.1 Å². The van der Waals surface area contributed by atoms with Crippen LogP contribution in [0.15, 0.2) is 36.1 Å². The summed E-state index contributed by atoms with van der Waals surface area (Å²) in [5, 5.41) is 38.4. The molecule has 0 aromatic heterocycles. The molecule has 7 N–H and O–H groups in total. The normalized spacial score (nSPS) is 28.9. The van der Waals surface area contributed by atoms with Gasteiger partial charge in [0.25, 0.3) is 0 Å². The van der Waals surface area contributed by atoms with E-state index in [9.17, 15) is 34.2 Å². The van der Waals surface area contributed by atoms with E-state index in [0.29, 0.717) is 5.56 Å². The number of rotatable bonds is 6. The SMILES string of the molecule is CC1(C)S[C@@H]2[C@H](NC(=O)[C@H](N)c3ccc(O)cc3)C(=O)N2[C@H]1C(=O)O.O=C(O)[C@H]1/C(=C/CO)O[C@@H]2CC(=O)N21.[K]. The number of aliphatic hydroxyl groups excluding tert-OH is 1. The van der Waals surface area contributed by atoms with Crippen molar-refractivity contribution in [2.24, 2.45) is 5.73 Å². The van der Waals surface area contributed by atoms with Gasteiger partial charge in [-0.1, -0.05) is 12.1 Å². The van der Waals surface area contributed by atoms with Crippen LogP contribution in [0.5, 0.6) is 5.75 Å². The minimum absolute atomic E-state index is 0. The van der Waals surface area contributed by atoms with Crippen LogP contribution in [0, 0.1) is 0 Å². The molecule has 0 bridgehead atoms. The maximum atomic E-state index is 12.3. The van der Waals surface area contributed by atoms with Crippen LogP contribution in [-0.4, -0.2) is 152 Å². The fourth-order valence-corrected chi connectivity index (χ4v) is 6.51. The number of nitrogens with one attached hydrogen (secondary N) is 1. The number of aliphatic carboxylic acids is 2. The minimum Gasteiger partial charge on any atom is -0.508 e. The van der Waals surface area contributed by atoms with Gasteiger partial charge in [-0.25, -0.2) is 9.59 Å². The number of carbonyl (C=O) groups excluding carboxylic acids is 3. The van der Waals surface area contributed by atoms with E-state index in [1.54, 1.807) is 13.8 Å². The first-order valence-corrected chi connectivity index (χ1v) is 12.8. The number of nitrogens with two attached hydrogens (primary N) is 1. The maximum absolute atomic E-state index is 12.3. The van der Waals surface area contributed by atoms with Gasteiger partial charge in [0.1, 0.15) is 35.0 Å². The Labute approximate surface area is 275 Å². The molecule has 3 amide bonds. The number of phenols is 1. The van der Waals surface area contributed by atoms with Gasteiger partial charge in [0.05, 0.1) is 13.0 Å². The zero-order valence-electron chi connectivity index (χ0n) is 21.9. The van der Waals surface area contributed by atoms with Crippen LogP contribution < -0.4 is 11.1 Å². The molecule has 4 saturated heterocycles. The van der Waals surface area contributed by atoms with E-state index >= 15 is 0 Å². The maximum Gasteiger partial charge on any atom is 0.334 e. The molecular weight excluding hydrogens is 575 g/mol. The van der Waals surface area contributed by atoms with Crippen LogP contribution >= 0.6 is 11.8 Å². The van der Waals surface area contributed by atoms with Crippen molar-refractivity contribution in [3.05, 3.63) is 41.7 Å². The van der Waals surface area contributed by atoms with Crippen molar-refractivity contribution in [2.75, 3.05) is 6.61 Å². The Kier molecular flexibility index (Phi) is 9.99. The van der Waals surface area contributed by atoms with Gasteiger partial charge in [-0.15, -0.1) is 11.8 Å². The van der Waals surface area contributed by atoms with Crippen LogP contribution in [0.2, 0.25) is 0 Å². The third-order valence-electron chi connectivity index (χ3n) is 6.80. The van der Waals surface area contributed by atoms with Crippen molar-refractivity contribution in [1.82, 2.24) is 15.1 Å². The van der Waals surface area contributed by atoms with Gasteiger partial charge >= 0.3 is 11.9 Å². The van der Waals surface area contributed by atoms with Gasteiger partial charge in [-0.2, -0.15) is 0 Å². The molecule has 0 unspecified atom stereocenters. The van der Waals surface area contributed by atoms with E-state index in [0.717, 1.165) is 0 Å². The number of β-lactam (4-membered cyclic amide) rings is 2. The summed E-state index contributed by atoms with van der Waals surface area (Å²) in [4.78, 5) is 60.5. The predicted octanol–water partition coefficient (Wildman–Crippen LogP) is -1.45. The fourth-order valence-electron chi connectivity index (χ4n) is 4.88. The van der Waals surface area contributed by atoms with Crippen LogP contribution in [-0.2, 0) is 28.7 Å². The summed E-state index contributed by atoms with van der Waals surface area (Å²) in [6, 6.07) is 2.14. The third-order valence-corrected chi connectivity index (χ3v) is 8.37. The Morgan fingerprint density at radius 1 is 1.18 bits per heavy atom. The Balaban J connectivity index is 0.000000250. The molecule has 4 aliphatic heterocycles. The first-order valence-electron chi connectivity index (χ1n) is 11.9. The van der Waals surface area contributed by atoms with Gasteiger partial charge in [0.2, 0.25) is 17.7 Å². The molecule has 1 aromatic rings. The van der Waals surface area contributed by atoms with E-state index in [-0.39, 0.29) is 81.8 Å². The molecule has 6 atom stereocenters. The number of carboxylic acid groups (broad SMARTS) is 2. The molecule has 4 heterocycles. The number of benzene rings is 1. The largest absolute Gasteiger partial charge is 0.508 e. The van der Waals surface area contributed by atoms with Crippen LogP contribution in [0.3, 0.4) is 0 Å². The second-order valence-corrected chi connectivity index (χ2v) is 11.5. The summed E-state index contributed by atoms with van der Waals surface area (Å²) in [6.45, 7) is 3.24. The van der Waals surface area contributed by atoms with E-state index in [1.165, 1.54) is 51.9 Å². The number of hydrogen-bond donors (Lipinski definition) is 6. The molecule has 4 fully saturated rings. The van der Waals surface area contributed by atoms with Gasteiger partial charge in [-0.3, -0.25) is 19.3 Å². The summed E-state index contributed by atoms with van der Waals surface area (Å²) in [7, 11) is 0. The molecule has 0 saturated carbocycles. The molecule has 4 aliphatic rings. The second kappa shape index (κ2) is 12.4. The Bertz CT molecular complexity index is 1240. The first kappa shape index (κ1) is 32.3. The fraction of sp³-hybridized carbons (Fsp3) is 0.458. The topological polar surface area (TPSA) is 220 Å². The van der Waals surface area contributed by atoms with Gasteiger partial charge in [0.15, 0.2) is 12.3 Å². The summed E-state index contributed by atoms with van der Waals surface area (Å²) in [5.74, 6) is -3.16. The van der Waals surface area contributed by atoms with Crippen molar-refractivity contribution < 1.29 is 49.1 Å². The van der Waals surface area contributed by atoms with E-state index < -0.39 is 64.3 Å². The summed E-state index contributed by atoms with van der Waals surface area (Å²) in [6.07, 6.45) is 1.03. The number of thioether (sulfide) groups is 1. The van der Waals surface area contributed by atoms with Crippen molar-refractivity contribution in [1.29, 1.82) is 0 Å². The molecule has 1 aromatic carbocycles. The number of aliphatic hydroxyl groups is 1. The number of phenolic OH excluding ortho intramolecular Hbond substituents is 1. The van der Waals surface area contributed by atoms with Crippen molar-refractivity contribution in [3.8, 4) is 5.75 Å². The zero-order chi connectivity index (χ0) is 28.8. The van der Waals surface area contributed by atoms with E-state index in [4.69, 9.17) is 20.7 Å². The molecule has 0 aliphatic carbocycles. The Hall–Kier alpha value is -2.18. The Morgan fingerprint density at radius 3 is 2.33 bits per heavy atom.